The molecule has 0 radical (unpaired) electrons. The average molecular weight is 882 g/mol. The van der Waals surface area contributed by atoms with E-state index < -0.39 is 0 Å². The number of para-hydroxylation sites is 2. The van der Waals surface area contributed by atoms with Crippen LogP contribution in [0.15, 0.2) is 241 Å². The van der Waals surface area contributed by atoms with Crippen LogP contribution in [0, 0.1) is 0 Å². The van der Waals surface area contributed by atoms with Gasteiger partial charge in [0.2, 0.25) is 5.95 Å². The molecule has 0 amide bonds. The molecule has 0 fully saturated rings. The molecule has 14 rings (SSSR count). The van der Waals surface area contributed by atoms with E-state index >= 15 is 0 Å². The van der Waals surface area contributed by atoms with Crippen LogP contribution in [-0.2, 0) is 0 Å². The second-order valence-electron chi connectivity index (χ2n) is 17.5. The normalized spacial score (nSPS) is 11.8. The largest absolute Gasteiger partial charge is 0.456 e. The van der Waals surface area contributed by atoms with Gasteiger partial charge in [-0.2, -0.15) is 9.97 Å². The first kappa shape index (κ1) is 38.8. The van der Waals surface area contributed by atoms with Gasteiger partial charge in [0, 0.05) is 49.1 Å². The third kappa shape index (κ3) is 6.23. The highest BCUT2D eigenvalue weighted by atomic mass is 16.3. The quantitative estimate of drug-likeness (QED) is 0.160. The summed E-state index contributed by atoms with van der Waals surface area (Å²) in [7, 11) is 0. The fourth-order valence-electron chi connectivity index (χ4n) is 10.5. The van der Waals surface area contributed by atoms with Crippen LogP contribution in [0.1, 0.15) is 0 Å². The molecular weight excluding hydrogens is 843 g/mol. The molecule has 0 aliphatic carbocycles. The van der Waals surface area contributed by atoms with Gasteiger partial charge in [0.05, 0.1) is 22.1 Å². The van der Waals surface area contributed by atoms with Gasteiger partial charge in [-0.3, -0.25) is 4.57 Å². The number of aromatic nitrogens is 5. The van der Waals surface area contributed by atoms with E-state index in [2.05, 4.69) is 215 Å². The monoisotopic (exact) mass is 881 g/mol. The molecule has 0 unspecified atom stereocenters. The van der Waals surface area contributed by atoms with Gasteiger partial charge in [-0.1, -0.05) is 194 Å². The minimum Gasteiger partial charge on any atom is -0.456 e. The van der Waals surface area contributed by atoms with Crippen molar-refractivity contribution in [2.45, 2.75) is 0 Å². The summed E-state index contributed by atoms with van der Waals surface area (Å²) in [5, 5.41) is 6.49. The lowest BCUT2D eigenvalue weighted by Crippen LogP contribution is -2.07. The molecule has 0 N–H and O–H groups in total. The summed E-state index contributed by atoms with van der Waals surface area (Å²) in [6.45, 7) is 0. The summed E-state index contributed by atoms with van der Waals surface area (Å²) in [6.07, 6.45) is 0. The van der Waals surface area contributed by atoms with Crippen LogP contribution in [0.25, 0.3) is 133 Å². The number of hydrogen-bond acceptors (Lipinski definition) is 4. The Balaban J connectivity index is 1.09. The molecule has 0 atom stereocenters. The average Bonchev–Trinajstić information content (AvgIpc) is 4.10. The van der Waals surface area contributed by atoms with E-state index in [4.69, 9.17) is 19.4 Å². The molecule has 10 aromatic carbocycles. The first-order chi connectivity index (χ1) is 34.2. The predicted octanol–water partition coefficient (Wildman–Crippen LogP) is 16.3. The van der Waals surface area contributed by atoms with Crippen molar-refractivity contribution in [2.24, 2.45) is 0 Å². The van der Waals surface area contributed by atoms with Gasteiger partial charge >= 0.3 is 0 Å². The van der Waals surface area contributed by atoms with Crippen LogP contribution in [-0.4, -0.2) is 24.1 Å². The second kappa shape index (κ2) is 15.6. The summed E-state index contributed by atoms with van der Waals surface area (Å²) < 4.78 is 11.3. The molecule has 0 saturated carbocycles. The van der Waals surface area contributed by atoms with Crippen molar-refractivity contribution < 1.29 is 4.42 Å². The molecule has 322 valence electrons. The summed E-state index contributed by atoms with van der Waals surface area (Å²) in [6, 6.07) is 83.2. The van der Waals surface area contributed by atoms with Gasteiger partial charge in [-0.25, -0.2) is 4.98 Å². The van der Waals surface area contributed by atoms with Gasteiger partial charge in [0.15, 0.2) is 11.6 Å². The number of furan rings is 1. The Morgan fingerprint density at radius 1 is 0.304 bits per heavy atom. The topological polar surface area (TPSA) is 61.7 Å². The zero-order chi connectivity index (χ0) is 45.4. The van der Waals surface area contributed by atoms with Crippen molar-refractivity contribution in [3.05, 3.63) is 237 Å². The van der Waals surface area contributed by atoms with E-state index in [9.17, 15) is 0 Å². The Hall–Kier alpha value is -9.39. The summed E-state index contributed by atoms with van der Waals surface area (Å²) in [4.78, 5) is 16.5. The van der Waals surface area contributed by atoms with Crippen molar-refractivity contribution in [3.63, 3.8) is 0 Å². The zero-order valence-corrected chi connectivity index (χ0v) is 37.2. The van der Waals surface area contributed by atoms with Crippen LogP contribution in [0.5, 0.6) is 0 Å². The third-order valence-electron chi connectivity index (χ3n) is 13.6. The summed E-state index contributed by atoms with van der Waals surface area (Å²) >= 11 is 0. The number of rotatable bonds is 7. The number of hydrogen-bond donors (Lipinski definition) is 0. The first-order valence-electron chi connectivity index (χ1n) is 23.3. The Labute approximate surface area is 396 Å². The Kier molecular flexibility index (Phi) is 8.79. The lowest BCUT2D eigenvalue weighted by Gasteiger charge is -2.14. The Bertz CT molecular complexity index is 4280. The molecule has 0 saturated heterocycles. The third-order valence-corrected chi connectivity index (χ3v) is 13.6. The highest BCUT2D eigenvalue weighted by Gasteiger charge is 2.25. The number of nitrogens with zero attached hydrogens (tertiary/aromatic N) is 5. The maximum atomic E-state index is 6.66. The van der Waals surface area contributed by atoms with Gasteiger partial charge in [0.1, 0.15) is 11.2 Å². The van der Waals surface area contributed by atoms with Crippen LogP contribution in [0.3, 0.4) is 0 Å². The summed E-state index contributed by atoms with van der Waals surface area (Å²) in [5.74, 6) is 1.63. The SMILES string of the molecule is c1ccc(-c2ccc(-n3c4ccccc4c4ccc5c6ccccc6n(-c6nc(-c7cccc(-c8ccccc8)c7)nc(-c7cccc8oc9cccc(-c%10ccccc%10)c9c78)n6)c5c43)cc2)cc1. The molecule has 14 aromatic rings. The molecule has 6 heteroatoms. The van der Waals surface area contributed by atoms with E-state index in [0.29, 0.717) is 17.6 Å². The van der Waals surface area contributed by atoms with E-state index in [0.717, 1.165) is 105 Å². The molecule has 0 bridgehead atoms. The highest BCUT2D eigenvalue weighted by molar-refractivity contribution is 6.24. The maximum absolute atomic E-state index is 6.66. The summed E-state index contributed by atoms with van der Waals surface area (Å²) in [5.41, 5.74) is 15.3. The molecule has 6 nitrogen and oxygen atoms in total. The lowest BCUT2D eigenvalue weighted by molar-refractivity contribution is 0.669. The second-order valence-corrected chi connectivity index (χ2v) is 17.5. The van der Waals surface area contributed by atoms with Crippen molar-refractivity contribution >= 4 is 65.6 Å². The zero-order valence-electron chi connectivity index (χ0n) is 37.2. The van der Waals surface area contributed by atoms with Crippen molar-refractivity contribution in [2.75, 3.05) is 0 Å². The Morgan fingerprint density at radius 3 is 1.45 bits per heavy atom. The lowest BCUT2D eigenvalue weighted by atomic mass is 9.97. The first-order valence-corrected chi connectivity index (χ1v) is 23.3. The minimum absolute atomic E-state index is 0.517. The van der Waals surface area contributed by atoms with Gasteiger partial charge in [0.25, 0.3) is 0 Å². The van der Waals surface area contributed by atoms with Gasteiger partial charge in [-0.15, -0.1) is 0 Å². The van der Waals surface area contributed by atoms with Crippen molar-refractivity contribution in [3.8, 4) is 67.8 Å². The van der Waals surface area contributed by atoms with Crippen LogP contribution >= 0.6 is 0 Å². The molecular formula is C63H39N5O. The highest BCUT2D eigenvalue weighted by Crippen LogP contribution is 2.44. The maximum Gasteiger partial charge on any atom is 0.238 e. The number of benzene rings is 10. The standard InChI is InChI=1S/C63H39N5O/c1-4-17-40(18-5-1)42-33-35-46(36-34-42)67-53-29-12-10-25-48(53)50-37-38-51-49-26-11-13-30-54(49)68(60(51)59(50)67)63-65-61(45-24-14-23-44(39-45)41-19-6-2-7-20-41)64-62(66-63)52-28-16-32-56-58(52)57-47(27-15-31-55(57)69-56)43-21-8-3-9-22-43/h1-39H. The Morgan fingerprint density at radius 2 is 0.783 bits per heavy atom. The van der Waals surface area contributed by atoms with E-state index in [1.54, 1.807) is 0 Å². The fraction of sp³-hybridized carbons (Fsp3) is 0. The van der Waals surface area contributed by atoms with E-state index in [-0.39, 0.29) is 0 Å². The predicted molar refractivity (Wildman–Crippen MR) is 283 cm³/mol. The molecule has 69 heavy (non-hydrogen) atoms. The fourth-order valence-corrected chi connectivity index (χ4v) is 10.5. The van der Waals surface area contributed by atoms with Crippen LogP contribution in [0.4, 0.5) is 0 Å². The minimum atomic E-state index is 0.517. The molecule has 4 aromatic heterocycles. The molecule has 4 heterocycles. The smallest absolute Gasteiger partial charge is 0.238 e. The van der Waals surface area contributed by atoms with Crippen LogP contribution < -0.4 is 0 Å². The molecule has 0 spiro atoms. The number of fused-ring (bicyclic) bond motifs is 10. The van der Waals surface area contributed by atoms with Crippen molar-refractivity contribution in [1.29, 1.82) is 0 Å². The van der Waals surface area contributed by atoms with Crippen LogP contribution in [0.2, 0.25) is 0 Å². The van der Waals surface area contributed by atoms with E-state index in [1.807, 2.05) is 30.3 Å². The van der Waals surface area contributed by atoms with Crippen molar-refractivity contribution in [1.82, 2.24) is 24.1 Å². The molecule has 0 aliphatic heterocycles. The van der Waals surface area contributed by atoms with Gasteiger partial charge in [-0.05, 0) is 75.8 Å². The van der Waals surface area contributed by atoms with E-state index in [1.165, 1.54) is 10.9 Å². The van der Waals surface area contributed by atoms with Gasteiger partial charge < -0.3 is 8.98 Å². The molecule has 0 aliphatic rings.